The number of carboxylic acids is 1. The molecule has 2 aromatic carbocycles. The second-order valence-corrected chi connectivity index (χ2v) is 10.4. The minimum absolute atomic E-state index is 0.0728. The van der Waals surface area contributed by atoms with Gasteiger partial charge in [0.2, 0.25) is 5.91 Å². The van der Waals surface area contributed by atoms with Crippen LogP contribution in [0.2, 0.25) is 0 Å². The molecular weight excluding hydrogens is 430 g/mol. The molecule has 0 spiro atoms. The second kappa shape index (κ2) is 8.91. The molecule has 3 N–H and O–H groups in total. The second-order valence-electron chi connectivity index (χ2n) is 10.4. The molecule has 1 amide bonds. The SMILES string of the molecule is C=C(C(=O)O)c1ccc(-c2ccc(OCCC(=O)NO)cc2)c(C23CC4CC(CC(C4)C2)C3)c1. The van der Waals surface area contributed by atoms with Gasteiger partial charge in [0.05, 0.1) is 18.6 Å². The summed E-state index contributed by atoms with van der Waals surface area (Å²) >= 11 is 0. The minimum atomic E-state index is -0.986. The standard InChI is InChI=1S/C28H31NO5/c1-17(27(31)32)22-4-7-24(21-2-5-23(6-3-21)34-9-8-26(30)29-33)25(13-22)28-14-18-10-19(15-28)12-20(11-18)16-28/h2-7,13,18-20,33H,1,8-12,14-16H2,(H,29,30)(H,31,32). The fourth-order valence-electron chi connectivity index (χ4n) is 7.03. The third-order valence-corrected chi connectivity index (χ3v) is 8.12. The first-order valence-electron chi connectivity index (χ1n) is 12.1. The molecule has 2 aromatic rings. The Labute approximate surface area is 199 Å². The molecule has 6 rings (SSSR count). The summed E-state index contributed by atoms with van der Waals surface area (Å²) in [6.07, 6.45) is 7.65. The number of hydrogen-bond donors (Lipinski definition) is 3. The number of carbonyl (C=O) groups excluding carboxylic acids is 1. The lowest BCUT2D eigenvalue weighted by Crippen LogP contribution is -2.48. The van der Waals surface area contributed by atoms with Gasteiger partial charge < -0.3 is 9.84 Å². The maximum absolute atomic E-state index is 11.6. The Kier molecular flexibility index (Phi) is 5.94. The van der Waals surface area contributed by atoms with E-state index in [0.717, 1.165) is 28.9 Å². The average Bonchev–Trinajstić information content (AvgIpc) is 2.82. The van der Waals surface area contributed by atoms with E-state index < -0.39 is 11.9 Å². The number of hydroxylamine groups is 1. The number of benzene rings is 2. The fourth-order valence-corrected chi connectivity index (χ4v) is 7.03. The number of carboxylic acid groups (broad SMARTS) is 1. The molecular formula is C28H31NO5. The summed E-state index contributed by atoms with van der Waals surface area (Å²) in [5.74, 6) is 1.51. The molecule has 0 saturated heterocycles. The highest BCUT2D eigenvalue weighted by Gasteiger charge is 2.52. The monoisotopic (exact) mass is 461 g/mol. The smallest absolute Gasteiger partial charge is 0.335 e. The van der Waals surface area contributed by atoms with Gasteiger partial charge in [-0.3, -0.25) is 10.0 Å². The van der Waals surface area contributed by atoms with Crippen LogP contribution >= 0.6 is 0 Å². The third kappa shape index (κ3) is 4.23. The van der Waals surface area contributed by atoms with Crippen molar-refractivity contribution in [1.29, 1.82) is 0 Å². The highest BCUT2D eigenvalue weighted by atomic mass is 16.5. The van der Waals surface area contributed by atoms with Gasteiger partial charge in [0.15, 0.2) is 0 Å². The molecule has 4 bridgehead atoms. The number of ether oxygens (including phenoxy) is 1. The molecule has 0 aromatic heterocycles. The highest BCUT2D eigenvalue weighted by molar-refractivity contribution is 6.14. The third-order valence-electron chi connectivity index (χ3n) is 8.12. The van der Waals surface area contributed by atoms with Crippen molar-refractivity contribution in [3.05, 3.63) is 60.2 Å². The number of rotatable bonds is 8. The van der Waals surface area contributed by atoms with Gasteiger partial charge in [-0.2, -0.15) is 0 Å². The van der Waals surface area contributed by atoms with Gasteiger partial charge in [0.25, 0.3) is 0 Å². The first-order chi connectivity index (χ1) is 16.4. The molecule has 0 atom stereocenters. The zero-order valence-electron chi connectivity index (χ0n) is 19.3. The molecule has 4 aliphatic carbocycles. The van der Waals surface area contributed by atoms with Crippen molar-refractivity contribution in [3.63, 3.8) is 0 Å². The number of aliphatic carboxylic acids is 1. The average molecular weight is 462 g/mol. The Hall–Kier alpha value is -3.12. The Morgan fingerprint density at radius 1 is 1.00 bits per heavy atom. The van der Waals surface area contributed by atoms with Crippen molar-refractivity contribution in [1.82, 2.24) is 5.48 Å². The maximum atomic E-state index is 11.6. The van der Waals surface area contributed by atoms with Crippen LogP contribution in [0, 0.1) is 17.8 Å². The van der Waals surface area contributed by atoms with Gasteiger partial charge in [-0.05, 0) is 102 Å². The summed E-state index contributed by atoms with van der Waals surface area (Å²) in [6.45, 7) is 3.99. The number of nitrogens with one attached hydrogen (secondary N) is 1. The van der Waals surface area contributed by atoms with Crippen LogP contribution in [0.3, 0.4) is 0 Å². The zero-order chi connectivity index (χ0) is 23.9. The fraction of sp³-hybridized carbons (Fsp3) is 0.429. The quantitative estimate of drug-likeness (QED) is 0.286. The van der Waals surface area contributed by atoms with Crippen LogP contribution in [0.4, 0.5) is 0 Å². The zero-order valence-corrected chi connectivity index (χ0v) is 19.3. The molecule has 4 aliphatic rings. The van der Waals surface area contributed by atoms with Crippen molar-refractivity contribution < 1.29 is 24.6 Å². The van der Waals surface area contributed by atoms with Gasteiger partial charge in [-0.1, -0.05) is 30.8 Å². The van der Waals surface area contributed by atoms with Crippen molar-refractivity contribution in [3.8, 4) is 16.9 Å². The van der Waals surface area contributed by atoms with Gasteiger partial charge >= 0.3 is 5.97 Å². The Bertz CT molecular complexity index is 1080. The van der Waals surface area contributed by atoms with E-state index in [1.807, 2.05) is 30.3 Å². The van der Waals surface area contributed by atoms with Gasteiger partial charge in [0.1, 0.15) is 5.75 Å². The molecule has 6 heteroatoms. The number of hydrogen-bond acceptors (Lipinski definition) is 4. The summed E-state index contributed by atoms with van der Waals surface area (Å²) in [7, 11) is 0. The molecule has 0 unspecified atom stereocenters. The molecule has 0 radical (unpaired) electrons. The molecule has 6 nitrogen and oxygen atoms in total. The first kappa shape index (κ1) is 22.7. The Morgan fingerprint density at radius 3 is 2.18 bits per heavy atom. The summed E-state index contributed by atoms with van der Waals surface area (Å²) in [5.41, 5.74) is 6.00. The number of carbonyl (C=O) groups is 2. The van der Waals surface area contributed by atoms with Crippen LogP contribution in [0.25, 0.3) is 16.7 Å². The predicted octanol–water partition coefficient (Wildman–Crippen LogP) is 5.19. The largest absolute Gasteiger partial charge is 0.493 e. The van der Waals surface area contributed by atoms with Crippen LogP contribution in [-0.2, 0) is 15.0 Å². The molecule has 34 heavy (non-hydrogen) atoms. The molecule has 178 valence electrons. The van der Waals surface area contributed by atoms with E-state index in [2.05, 4.69) is 18.7 Å². The van der Waals surface area contributed by atoms with Crippen molar-refractivity contribution in [2.45, 2.75) is 50.4 Å². The lowest BCUT2D eigenvalue weighted by atomic mass is 9.47. The van der Waals surface area contributed by atoms with Crippen molar-refractivity contribution >= 4 is 17.4 Å². The predicted molar refractivity (Wildman–Crippen MR) is 128 cm³/mol. The van der Waals surface area contributed by atoms with Crippen LogP contribution < -0.4 is 10.2 Å². The summed E-state index contributed by atoms with van der Waals surface area (Å²) in [4.78, 5) is 22.8. The van der Waals surface area contributed by atoms with E-state index in [9.17, 15) is 14.7 Å². The van der Waals surface area contributed by atoms with E-state index in [0.29, 0.717) is 11.3 Å². The molecule has 0 heterocycles. The normalized spacial score (nSPS) is 26.8. The van der Waals surface area contributed by atoms with Crippen molar-refractivity contribution in [2.24, 2.45) is 17.8 Å². The van der Waals surface area contributed by atoms with E-state index in [1.165, 1.54) is 44.1 Å². The van der Waals surface area contributed by atoms with Gasteiger partial charge in [-0.25, -0.2) is 10.3 Å². The van der Waals surface area contributed by atoms with Crippen molar-refractivity contribution in [2.75, 3.05) is 6.61 Å². The maximum Gasteiger partial charge on any atom is 0.335 e. The Balaban J connectivity index is 1.48. The van der Waals surface area contributed by atoms with Crippen LogP contribution in [0.1, 0.15) is 56.1 Å². The molecule has 4 fully saturated rings. The van der Waals surface area contributed by atoms with Gasteiger partial charge in [-0.15, -0.1) is 0 Å². The van der Waals surface area contributed by atoms with E-state index in [1.54, 1.807) is 5.48 Å². The van der Waals surface area contributed by atoms with Crippen LogP contribution in [-0.4, -0.2) is 28.8 Å². The highest BCUT2D eigenvalue weighted by Crippen LogP contribution is 2.62. The lowest BCUT2D eigenvalue weighted by molar-refractivity contribution is -0.130. The van der Waals surface area contributed by atoms with Gasteiger partial charge in [0, 0.05) is 0 Å². The molecule has 0 aliphatic heterocycles. The first-order valence-corrected chi connectivity index (χ1v) is 12.1. The summed E-state index contributed by atoms with van der Waals surface area (Å²) in [6, 6.07) is 13.8. The topological polar surface area (TPSA) is 95.9 Å². The van der Waals surface area contributed by atoms with E-state index >= 15 is 0 Å². The summed E-state index contributed by atoms with van der Waals surface area (Å²) < 4.78 is 5.63. The lowest BCUT2D eigenvalue weighted by Gasteiger charge is -2.57. The number of amides is 1. The Morgan fingerprint density at radius 2 is 1.62 bits per heavy atom. The minimum Gasteiger partial charge on any atom is -0.493 e. The van der Waals surface area contributed by atoms with E-state index in [-0.39, 0.29) is 24.0 Å². The molecule has 4 saturated carbocycles. The van der Waals surface area contributed by atoms with Crippen LogP contribution in [0.5, 0.6) is 5.75 Å². The van der Waals surface area contributed by atoms with E-state index in [4.69, 9.17) is 9.94 Å². The van der Waals surface area contributed by atoms with Crippen LogP contribution in [0.15, 0.2) is 49.0 Å². The summed E-state index contributed by atoms with van der Waals surface area (Å²) in [5, 5.41) is 18.1.